The second-order valence-corrected chi connectivity index (χ2v) is 9.29. The lowest BCUT2D eigenvalue weighted by atomic mass is 10.2. The van der Waals surface area contributed by atoms with Crippen molar-refractivity contribution in [3.05, 3.63) is 54.9 Å². The van der Waals surface area contributed by atoms with E-state index in [-0.39, 0.29) is 16.5 Å². The summed E-state index contributed by atoms with van der Waals surface area (Å²) in [6, 6.07) is 11.4. The van der Waals surface area contributed by atoms with Gasteiger partial charge in [-0.3, -0.25) is 9.78 Å². The zero-order chi connectivity index (χ0) is 21.9. The van der Waals surface area contributed by atoms with Crippen LogP contribution in [0.25, 0.3) is 10.9 Å². The summed E-state index contributed by atoms with van der Waals surface area (Å²) < 4.78 is 39.0. The minimum absolute atomic E-state index is 0.0323. The Hall–Kier alpha value is -3.20. The van der Waals surface area contributed by atoms with Crippen LogP contribution in [0.15, 0.2) is 59.8 Å². The number of nitrogens with zero attached hydrogens (tertiary/aromatic N) is 3. The first-order chi connectivity index (χ1) is 14.1. The maximum atomic E-state index is 13.7. The number of hydrogen-bond donors (Lipinski definition) is 0. The molecule has 0 N–H and O–H groups in total. The Morgan fingerprint density at radius 2 is 1.70 bits per heavy atom. The number of aromatic nitrogens is 2. The molecular formula is C21H23N3O5S. The lowest BCUT2D eigenvalue weighted by molar-refractivity contribution is -0.152. The number of esters is 1. The van der Waals surface area contributed by atoms with E-state index in [2.05, 4.69) is 9.97 Å². The van der Waals surface area contributed by atoms with Gasteiger partial charge < -0.3 is 9.47 Å². The first-order valence-electron chi connectivity index (χ1n) is 9.21. The van der Waals surface area contributed by atoms with Crippen molar-refractivity contribution in [1.82, 2.24) is 9.97 Å². The van der Waals surface area contributed by atoms with E-state index in [9.17, 15) is 13.2 Å². The van der Waals surface area contributed by atoms with E-state index in [1.165, 1.54) is 31.6 Å². The van der Waals surface area contributed by atoms with E-state index >= 15 is 0 Å². The second-order valence-electron chi connectivity index (χ2n) is 7.46. The molecule has 0 saturated carbocycles. The summed E-state index contributed by atoms with van der Waals surface area (Å²) in [5.41, 5.74) is -0.345. The fourth-order valence-corrected chi connectivity index (χ4v) is 4.50. The van der Waals surface area contributed by atoms with E-state index in [0.29, 0.717) is 10.9 Å². The second kappa shape index (κ2) is 8.27. The minimum atomic E-state index is -4.21. The Bertz CT molecular complexity index is 1170. The maximum absolute atomic E-state index is 13.7. The highest BCUT2D eigenvalue weighted by Crippen LogP contribution is 2.32. The van der Waals surface area contributed by atoms with Gasteiger partial charge in [-0.05, 0) is 45.0 Å². The average Bonchev–Trinajstić information content (AvgIpc) is 2.70. The molecule has 0 spiro atoms. The largest absolute Gasteiger partial charge is 0.479 e. The van der Waals surface area contributed by atoms with Crippen molar-refractivity contribution in [1.29, 1.82) is 0 Å². The van der Waals surface area contributed by atoms with Crippen LogP contribution in [-0.2, 0) is 19.6 Å². The number of pyridine rings is 2. The maximum Gasteiger partial charge on any atom is 0.327 e. The summed E-state index contributed by atoms with van der Waals surface area (Å²) in [6.07, 6.45) is 2.99. The van der Waals surface area contributed by atoms with E-state index in [1.807, 2.05) is 0 Å². The third kappa shape index (κ3) is 4.51. The van der Waals surface area contributed by atoms with Gasteiger partial charge in [-0.1, -0.05) is 18.2 Å². The Balaban J connectivity index is 2.16. The summed E-state index contributed by atoms with van der Waals surface area (Å²) in [5.74, 6) is -0.636. The number of para-hydroxylation sites is 1. The first-order valence-corrected chi connectivity index (χ1v) is 10.6. The molecule has 0 aliphatic carbocycles. The van der Waals surface area contributed by atoms with Crippen LogP contribution in [0.3, 0.4) is 0 Å². The fraction of sp³-hybridized carbons (Fsp3) is 0.286. The van der Waals surface area contributed by atoms with E-state index in [4.69, 9.17) is 9.47 Å². The van der Waals surface area contributed by atoms with Crippen LogP contribution in [0.2, 0.25) is 0 Å². The number of sulfonamides is 1. The SMILES string of the molecule is COc1ncccc1N(CC(=O)OC(C)(C)C)S(=O)(=O)c1cccc2cccnc12. The summed E-state index contributed by atoms with van der Waals surface area (Å²) in [5, 5.41) is 0.661. The number of carbonyl (C=O) groups excluding carboxylic acids is 1. The highest BCUT2D eigenvalue weighted by atomic mass is 32.2. The smallest absolute Gasteiger partial charge is 0.327 e. The molecule has 0 bridgehead atoms. The fourth-order valence-electron chi connectivity index (χ4n) is 2.92. The molecule has 0 aliphatic heterocycles. The van der Waals surface area contributed by atoms with E-state index in [1.54, 1.807) is 51.1 Å². The van der Waals surface area contributed by atoms with Gasteiger partial charge in [0.05, 0.1) is 12.6 Å². The van der Waals surface area contributed by atoms with Crippen LogP contribution in [-0.4, -0.2) is 43.6 Å². The lowest BCUT2D eigenvalue weighted by Gasteiger charge is -2.27. The van der Waals surface area contributed by atoms with Crippen LogP contribution in [0.4, 0.5) is 5.69 Å². The number of carbonyl (C=O) groups is 1. The van der Waals surface area contributed by atoms with Crippen molar-refractivity contribution in [2.24, 2.45) is 0 Å². The number of ether oxygens (including phenoxy) is 2. The Morgan fingerprint density at radius 1 is 1.03 bits per heavy atom. The van der Waals surface area contributed by atoms with Gasteiger partial charge in [-0.15, -0.1) is 0 Å². The van der Waals surface area contributed by atoms with Gasteiger partial charge in [-0.2, -0.15) is 0 Å². The van der Waals surface area contributed by atoms with Crippen LogP contribution in [0.5, 0.6) is 5.88 Å². The third-order valence-electron chi connectivity index (χ3n) is 4.07. The summed E-state index contributed by atoms with van der Waals surface area (Å²) in [7, 11) is -2.84. The number of hydrogen-bond acceptors (Lipinski definition) is 7. The van der Waals surface area contributed by atoms with Gasteiger partial charge in [0.2, 0.25) is 5.88 Å². The third-order valence-corrected chi connectivity index (χ3v) is 5.86. The van der Waals surface area contributed by atoms with Gasteiger partial charge in [0.25, 0.3) is 10.0 Å². The Morgan fingerprint density at radius 3 is 2.40 bits per heavy atom. The van der Waals surface area contributed by atoms with Gasteiger partial charge in [0.15, 0.2) is 0 Å². The minimum Gasteiger partial charge on any atom is -0.479 e. The first kappa shape index (κ1) is 21.5. The topological polar surface area (TPSA) is 98.7 Å². The highest BCUT2D eigenvalue weighted by Gasteiger charge is 2.33. The zero-order valence-electron chi connectivity index (χ0n) is 17.2. The Labute approximate surface area is 175 Å². The molecule has 0 fully saturated rings. The molecule has 9 heteroatoms. The molecule has 30 heavy (non-hydrogen) atoms. The van der Waals surface area contributed by atoms with Crippen LogP contribution in [0.1, 0.15) is 20.8 Å². The van der Waals surface area contributed by atoms with Crippen LogP contribution < -0.4 is 9.04 Å². The van der Waals surface area contributed by atoms with Gasteiger partial charge in [-0.25, -0.2) is 17.7 Å². The Kier molecular flexibility index (Phi) is 5.93. The van der Waals surface area contributed by atoms with Crippen LogP contribution in [0, 0.1) is 0 Å². The highest BCUT2D eigenvalue weighted by molar-refractivity contribution is 7.93. The molecule has 0 amide bonds. The van der Waals surface area contributed by atoms with Crippen molar-refractivity contribution >= 4 is 32.6 Å². The van der Waals surface area contributed by atoms with Gasteiger partial charge in [0.1, 0.15) is 22.7 Å². The van der Waals surface area contributed by atoms with Gasteiger partial charge >= 0.3 is 5.97 Å². The van der Waals surface area contributed by atoms with E-state index in [0.717, 1.165) is 4.31 Å². The molecule has 3 rings (SSSR count). The standard InChI is InChI=1S/C21H23N3O5S/c1-21(2,3)29-18(25)14-24(16-10-7-13-23-20(16)28-4)30(26,27)17-11-5-8-15-9-6-12-22-19(15)17/h5-13H,14H2,1-4H3. The molecule has 1 aromatic carbocycles. The molecule has 0 unspecified atom stereocenters. The van der Waals surface area contributed by atoms with Crippen molar-refractivity contribution in [3.63, 3.8) is 0 Å². The molecular weight excluding hydrogens is 406 g/mol. The number of methoxy groups -OCH3 is 1. The molecule has 3 aromatic rings. The number of rotatable bonds is 6. The van der Waals surface area contributed by atoms with Gasteiger partial charge in [0, 0.05) is 17.8 Å². The van der Waals surface area contributed by atoms with Crippen molar-refractivity contribution < 1.29 is 22.7 Å². The number of fused-ring (bicyclic) bond motifs is 1. The predicted octanol–water partition coefficient (Wildman–Crippen LogP) is 3.18. The average molecular weight is 429 g/mol. The van der Waals surface area contributed by atoms with E-state index < -0.39 is 28.1 Å². The molecule has 0 saturated heterocycles. The van der Waals surface area contributed by atoms with Crippen molar-refractivity contribution in [3.8, 4) is 5.88 Å². The molecule has 2 aromatic heterocycles. The number of benzene rings is 1. The van der Waals surface area contributed by atoms with Crippen molar-refractivity contribution in [2.75, 3.05) is 18.0 Å². The predicted molar refractivity (Wildman–Crippen MR) is 113 cm³/mol. The summed E-state index contributed by atoms with van der Waals surface area (Å²) in [4.78, 5) is 20.9. The summed E-state index contributed by atoms with van der Waals surface area (Å²) >= 11 is 0. The molecule has 158 valence electrons. The van der Waals surface area contributed by atoms with Crippen LogP contribution >= 0.6 is 0 Å². The zero-order valence-corrected chi connectivity index (χ0v) is 18.0. The normalized spacial score (nSPS) is 11.9. The molecule has 8 nitrogen and oxygen atoms in total. The monoisotopic (exact) mass is 429 g/mol. The molecule has 0 radical (unpaired) electrons. The lowest BCUT2D eigenvalue weighted by Crippen LogP contribution is -2.39. The number of anilines is 1. The van der Waals surface area contributed by atoms with Crippen molar-refractivity contribution in [2.45, 2.75) is 31.3 Å². The summed E-state index contributed by atoms with van der Waals surface area (Å²) in [6.45, 7) is 4.58. The molecule has 0 aliphatic rings. The molecule has 0 atom stereocenters. The molecule has 2 heterocycles. The quantitative estimate of drug-likeness (QED) is 0.555.